The summed E-state index contributed by atoms with van der Waals surface area (Å²) < 4.78 is 23.3. The van der Waals surface area contributed by atoms with Crippen LogP contribution in [0.2, 0.25) is 0 Å². The normalized spacial score (nSPS) is 20.2. The highest BCUT2D eigenvalue weighted by molar-refractivity contribution is 5.49. The Morgan fingerprint density at radius 3 is 1.85 bits per heavy atom. The summed E-state index contributed by atoms with van der Waals surface area (Å²) in [5.74, 6) is 4.08. The van der Waals surface area contributed by atoms with Crippen LogP contribution in [0.3, 0.4) is 0 Å². The van der Waals surface area contributed by atoms with Gasteiger partial charge in [-0.3, -0.25) is 0 Å². The van der Waals surface area contributed by atoms with E-state index < -0.39 is 23.9 Å². The number of benzene rings is 3. The Labute approximate surface area is 194 Å². The third kappa shape index (κ3) is 4.60. The van der Waals surface area contributed by atoms with E-state index in [-0.39, 0.29) is 6.61 Å². The molecule has 1 heterocycles. The van der Waals surface area contributed by atoms with E-state index in [4.69, 9.17) is 25.4 Å². The summed E-state index contributed by atoms with van der Waals surface area (Å²) in [5, 5.41) is 10.5. The van der Waals surface area contributed by atoms with Crippen molar-refractivity contribution in [1.82, 2.24) is 0 Å². The molecule has 1 aliphatic heterocycles. The van der Waals surface area contributed by atoms with E-state index in [0.29, 0.717) is 6.42 Å². The van der Waals surface area contributed by atoms with E-state index in [2.05, 4.69) is 5.92 Å². The highest BCUT2D eigenvalue weighted by Gasteiger charge is 2.41. The average molecular weight is 445 g/mol. The molecule has 1 N–H and O–H groups in total. The number of methoxy groups -OCH3 is 2. The molecule has 0 bridgehead atoms. The first kappa shape index (κ1) is 22.9. The molecule has 1 fully saturated rings. The quantitative estimate of drug-likeness (QED) is 0.418. The lowest BCUT2D eigenvalue weighted by Gasteiger charge is -2.37. The molecule has 170 valence electrons. The van der Waals surface area contributed by atoms with Crippen molar-refractivity contribution in [3.05, 3.63) is 95.6 Å². The third-order valence-corrected chi connectivity index (χ3v) is 6.05. The maximum atomic E-state index is 10.5. The average Bonchev–Trinajstić information content (AvgIpc) is 3.25. The zero-order valence-electron chi connectivity index (χ0n) is 18.8. The number of hydrogen-bond donors (Lipinski definition) is 1. The lowest BCUT2D eigenvalue weighted by Crippen LogP contribution is -2.38. The van der Waals surface area contributed by atoms with Gasteiger partial charge in [-0.15, -0.1) is 6.42 Å². The van der Waals surface area contributed by atoms with Gasteiger partial charge in [0.05, 0.1) is 26.9 Å². The Morgan fingerprint density at radius 1 is 0.879 bits per heavy atom. The van der Waals surface area contributed by atoms with Gasteiger partial charge in [-0.2, -0.15) is 0 Å². The Hall–Kier alpha value is -3.30. The van der Waals surface area contributed by atoms with Gasteiger partial charge in [0, 0.05) is 6.42 Å². The van der Waals surface area contributed by atoms with Gasteiger partial charge < -0.3 is 24.1 Å². The summed E-state index contributed by atoms with van der Waals surface area (Å²) >= 11 is 0. The van der Waals surface area contributed by atoms with Crippen molar-refractivity contribution in [2.75, 3.05) is 20.8 Å². The van der Waals surface area contributed by atoms with Crippen LogP contribution in [0.15, 0.2) is 78.9 Å². The minimum Gasteiger partial charge on any atom is -0.497 e. The topological polar surface area (TPSA) is 57.2 Å². The molecular weight excluding hydrogens is 416 g/mol. The molecule has 0 amide bonds. The van der Waals surface area contributed by atoms with Crippen LogP contribution in [-0.4, -0.2) is 44.2 Å². The first-order chi connectivity index (χ1) is 16.1. The van der Waals surface area contributed by atoms with E-state index in [1.807, 2.05) is 78.9 Å². The summed E-state index contributed by atoms with van der Waals surface area (Å²) in [6.07, 6.45) is 4.29. The maximum absolute atomic E-state index is 10.5. The molecule has 3 aromatic rings. The first-order valence-corrected chi connectivity index (χ1v) is 10.9. The summed E-state index contributed by atoms with van der Waals surface area (Å²) in [6, 6.07) is 25.6. The van der Waals surface area contributed by atoms with Crippen LogP contribution < -0.4 is 9.47 Å². The van der Waals surface area contributed by atoms with Crippen molar-refractivity contribution in [2.24, 2.45) is 0 Å². The molecule has 3 aromatic carbocycles. The van der Waals surface area contributed by atoms with Crippen molar-refractivity contribution >= 4 is 0 Å². The van der Waals surface area contributed by atoms with Crippen molar-refractivity contribution in [2.45, 2.75) is 30.3 Å². The number of hydrogen-bond acceptors (Lipinski definition) is 5. The van der Waals surface area contributed by atoms with Crippen LogP contribution in [0.1, 0.15) is 23.1 Å². The number of ether oxygens (including phenoxy) is 4. The second-order valence-electron chi connectivity index (χ2n) is 7.95. The van der Waals surface area contributed by atoms with E-state index in [9.17, 15) is 5.11 Å². The monoisotopic (exact) mass is 444 g/mol. The van der Waals surface area contributed by atoms with E-state index in [0.717, 1.165) is 28.2 Å². The van der Waals surface area contributed by atoms with Gasteiger partial charge in [0.15, 0.2) is 0 Å². The minimum atomic E-state index is -0.961. The standard InChI is InChI=1S/C28H28O5/c1-4-23-18-26(29)27(33-23)19-32-28(20-8-6-5-7-9-20,21-10-14-24(30-2)15-11-21)22-12-16-25(31-3)17-13-22/h1,5-17,23,26-27,29H,18-19H2,2-3H3/t23-,26+,27-/m1/s1. The van der Waals surface area contributed by atoms with E-state index >= 15 is 0 Å². The maximum Gasteiger partial charge on any atom is 0.143 e. The predicted molar refractivity (Wildman–Crippen MR) is 126 cm³/mol. The minimum absolute atomic E-state index is 0.159. The molecule has 0 spiro atoms. The zero-order valence-corrected chi connectivity index (χ0v) is 18.8. The molecule has 1 saturated heterocycles. The third-order valence-electron chi connectivity index (χ3n) is 6.05. The molecule has 1 aliphatic rings. The lowest BCUT2D eigenvalue weighted by atomic mass is 9.80. The fourth-order valence-corrected chi connectivity index (χ4v) is 4.27. The highest BCUT2D eigenvalue weighted by atomic mass is 16.6. The van der Waals surface area contributed by atoms with Crippen molar-refractivity contribution in [1.29, 1.82) is 0 Å². The molecule has 5 nitrogen and oxygen atoms in total. The van der Waals surface area contributed by atoms with Gasteiger partial charge in [0.1, 0.15) is 29.3 Å². The smallest absolute Gasteiger partial charge is 0.143 e. The molecule has 5 heteroatoms. The van der Waals surface area contributed by atoms with Gasteiger partial charge in [0.2, 0.25) is 0 Å². The Balaban J connectivity index is 1.82. The molecule has 3 atom stereocenters. The molecule has 0 aliphatic carbocycles. The van der Waals surface area contributed by atoms with E-state index in [1.165, 1.54) is 0 Å². The SMILES string of the molecule is C#C[C@@H]1C[C@H](O)[C@@H](COC(c2ccccc2)(c2ccc(OC)cc2)c2ccc(OC)cc2)O1. The second-order valence-corrected chi connectivity index (χ2v) is 7.95. The van der Waals surface area contributed by atoms with Crippen LogP contribution in [0.4, 0.5) is 0 Å². The van der Waals surface area contributed by atoms with Crippen molar-refractivity contribution < 1.29 is 24.1 Å². The summed E-state index contributed by atoms with van der Waals surface area (Å²) in [6.45, 7) is 0.159. The lowest BCUT2D eigenvalue weighted by molar-refractivity contribution is -0.0759. The van der Waals surface area contributed by atoms with Gasteiger partial charge >= 0.3 is 0 Å². The van der Waals surface area contributed by atoms with E-state index in [1.54, 1.807) is 14.2 Å². The van der Waals surface area contributed by atoms with Gasteiger partial charge in [0.25, 0.3) is 0 Å². The molecule has 33 heavy (non-hydrogen) atoms. The molecule has 0 unspecified atom stereocenters. The summed E-state index contributed by atoms with van der Waals surface area (Å²) in [4.78, 5) is 0. The fraction of sp³-hybridized carbons (Fsp3) is 0.286. The van der Waals surface area contributed by atoms with Crippen molar-refractivity contribution in [3.63, 3.8) is 0 Å². The largest absolute Gasteiger partial charge is 0.497 e. The fourth-order valence-electron chi connectivity index (χ4n) is 4.27. The molecular formula is C28H28O5. The van der Waals surface area contributed by atoms with Gasteiger partial charge in [-0.1, -0.05) is 60.5 Å². The van der Waals surface area contributed by atoms with Gasteiger partial charge in [-0.25, -0.2) is 0 Å². The van der Waals surface area contributed by atoms with Gasteiger partial charge in [-0.05, 0) is 41.0 Å². The first-order valence-electron chi connectivity index (χ1n) is 10.9. The molecule has 4 rings (SSSR count). The van der Waals surface area contributed by atoms with Crippen LogP contribution in [0.5, 0.6) is 11.5 Å². The molecule has 0 saturated carbocycles. The number of rotatable bonds is 8. The molecule has 0 aromatic heterocycles. The van der Waals surface area contributed by atoms with Crippen LogP contribution in [0.25, 0.3) is 0 Å². The Kier molecular flexibility index (Phi) is 7.00. The van der Waals surface area contributed by atoms with Crippen LogP contribution in [0, 0.1) is 12.3 Å². The number of aliphatic hydroxyl groups is 1. The van der Waals surface area contributed by atoms with Crippen LogP contribution in [-0.2, 0) is 15.1 Å². The number of terminal acetylenes is 1. The second kappa shape index (κ2) is 10.1. The highest BCUT2D eigenvalue weighted by Crippen LogP contribution is 2.42. The van der Waals surface area contributed by atoms with Crippen LogP contribution >= 0.6 is 0 Å². The Bertz CT molecular complexity index is 1020. The number of aliphatic hydroxyl groups excluding tert-OH is 1. The van der Waals surface area contributed by atoms with Crippen molar-refractivity contribution in [3.8, 4) is 23.8 Å². The Morgan fingerprint density at radius 2 is 1.39 bits per heavy atom. The summed E-state index contributed by atoms with van der Waals surface area (Å²) in [5.41, 5.74) is 1.82. The predicted octanol–water partition coefficient (Wildman–Crippen LogP) is 4.16. The summed E-state index contributed by atoms with van der Waals surface area (Å²) in [7, 11) is 3.28. The zero-order chi connectivity index (χ0) is 23.3. The molecule has 0 radical (unpaired) electrons.